The first-order valence-corrected chi connectivity index (χ1v) is 6.18. The molecule has 2 unspecified atom stereocenters. The number of likely N-dealkylation sites (N-methyl/N-ethyl adjacent to an activating group) is 1. The molecule has 1 heterocycles. The third-order valence-corrected chi connectivity index (χ3v) is 3.97. The molecule has 90 valence electrons. The van der Waals surface area contributed by atoms with E-state index in [2.05, 4.69) is 63.6 Å². The Bertz CT molecular complexity index is 346. The minimum Gasteiger partial charge on any atom is -0.356 e. The minimum atomic E-state index is 0.216. The third-order valence-electron chi connectivity index (χ3n) is 3.97. The summed E-state index contributed by atoms with van der Waals surface area (Å²) in [5, 5.41) is 0. The highest BCUT2D eigenvalue weighted by atomic mass is 15.4. The fourth-order valence-corrected chi connectivity index (χ4v) is 2.82. The van der Waals surface area contributed by atoms with Gasteiger partial charge in [-0.2, -0.15) is 0 Å². The van der Waals surface area contributed by atoms with Crippen LogP contribution in [0.2, 0.25) is 0 Å². The molecule has 0 bridgehead atoms. The first-order chi connectivity index (χ1) is 7.32. The van der Waals surface area contributed by atoms with E-state index in [0.29, 0.717) is 12.0 Å². The second kappa shape index (κ2) is 3.63. The molecule has 1 fully saturated rings. The van der Waals surface area contributed by atoms with Crippen LogP contribution >= 0.6 is 0 Å². The zero-order valence-corrected chi connectivity index (χ0v) is 11.4. The molecule has 0 amide bonds. The average Bonchev–Trinajstić information content (AvgIpc) is 2.50. The van der Waals surface area contributed by atoms with Crippen molar-refractivity contribution in [3.8, 4) is 0 Å². The van der Waals surface area contributed by atoms with Crippen molar-refractivity contribution in [3.05, 3.63) is 23.4 Å². The Balaban J connectivity index is 2.37. The molecule has 2 aliphatic rings. The van der Waals surface area contributed by atoms with E-state index in [4.69, 9.17) is 0 Å². The zero-order valence-electron chi connectivity index (χ0n) is 11.4. The largest absolute Gasteiger partial charge is 0.356 e. The molecular formula is C14H24N2. The molecule has 1 saturated heterocycles. The monoisotopic (exact) mass is 220 g/mol. The Morgan fingerprint density at radius 2 is 1.88 bits per heavy atom. The van der Waals surface area contributed by atoms with Crippen LogP contribution in [0.5, 0.6) is 0 Å². The minimum absolute atomic E-state index is 0.216. The number of nitrogens with zero attached hydrogens (tertiary/aromatic N) is 2. The van der Waals surface area contributed by atoms with Gasteiger partial charge in [-0.3, -0.25) is 4.90 Å². The molecule has 1 aliphatic heterocycles. The fraction of sp³-hybridized carbons (Fsp3) is 0.714. The standard InChI is InChI=1S/C14H24N2/c1-10-7-8-12-13(11(10)2)15(6)9-16(12)14(3,4)5/h7-8,11,13H,9H2,1-6H3. The number of rotatable bonds is 0. The van der Waals surface area contributed by atoms with Gasteiger partial charge in [0, 0.05) is 11.2 Å². The van der Waals surface area contributed by atoms with Gasteiger partial charge in [0.15, 0.2) is 0 Å². The van der Waals surface area contributed by atoms with E-state index in [1.54, 1.807) is 0 Å². The van der Waals surface area contributed by atoms with E-state index in [0.717, 1.165) is 6.67 Å². The summed E-state index contributed by atoms with van der Waals surface area (Å²) in [7, 11) is 2.24. The SMILES string of the molecule is CC1=CC=C2C(C1C)N(C)CN2C(C)(C)C. The normalized spacial score (nSPS) is 31.2. The van der Waals surface area contributed by atoms with Crippen LogP contribution in [0.4, 0.5) is 0 Å². The van der Waals surface area contributed by atoms with E-state index in [9.17, 15) is 0 Å². The number of allylic oxidation sites excluding steroid dienone is 2. The summed E-state index contributed by atoms with van der Waals surface area (Å²) >= 11 is 0. The predicted molar refractivity (Wildman–Crippen MR) is 69.0 cm³/mol. The molecule has 0 saturated carbocycles. The molecule has 1 aliphatic carbocycles. The molecule has 2 heteroatoms. The lowest BCUT2D eigenvalue weighted by atomic mass is 9.87. The lowest BCUT2D eigenvalue weighted by molar-refractivity contribution is 0.167. The lowest BCUT2D eigenvalue weighted by Crippen LogP contribution is -2.39. The Morgan fingerprint density at radius 1 is 1.25 bits per heavy atom. The van der Waals surface area contributed by atoms with Gasteiger partial charge in [-0.1, -0.05) is 18.6 Å². The summed E-state index contributed by atoms with van der Waals surface area (Å²) in [6.07, 6.45) is 4.60. The number of hydrogen-bond acceptors (Lipinski definition) is 2. The van der Waals surface area contributed by atoms with E-state index in [-0.39, 0.29) is 5.54 Å². The fourth-order valence-electron chi connectivity index (χ4n) is 2.82. The second-order valence-corrected chi connectivity index (χ2v) is 6.23. The van der Waals surface area contributed by atoms with Crippen LogP contribution in [0, 0.1) is 5.92 Å². The predicted octanol–water partition coefficient (Wildman–Crippen LogP) is 2.84. The summed E-state index contributed by atoms with van der Waals surface area (Å²) < 4.78 is 0. The van der Waals surface area contributed by atoms with Crippen LogP contribution in [-0.2, 0) is 0 Å². The quantitative estimate of drug-likeness (QED) is 0.619. The highest BCUT2D eigenvalue weighted by Gasteiger charge is 2.41. The van der Waals surface area contributed by atoms with Gasteiger partial charge in [-0.25, -0.2) is 0 Å². The maximum Gasteiger partial charge on any atom is 0.0713 e. The van der Waals surface area contributed by atoms with Gasteiger partial charge < -0.3 is 4.90 Å². The average molecular weight is 220 g/mol. The van der Waals surface area contributed by atoms with Crippen LogP contribution in [0.3, 0.4) is 0 Å². The van der Waals surface area contributed by atoms with Gasteiger partial charge >= 0.3 is 0 Å². The van der Waals surface area contributed by atoms with E-state index in [1.807, 2.05) is 0 Å². The third kappa shape index (κ3) is 1.69. The summed E-state index contributed by atoms with van der Waals surface area (Å²) in [6.45, 7) is 12.5. The zero-order chi connectivity index (χ0) is 12.1. The van der Waals surface area contributed by atoms with Crippen molar-refractivity contribution in [3.63, 3.8) is 0 Å². The van der Waals surface area contributed by atoms with Crippen molar-refractivity contribution in [2.75, 3.05) is 13.7 Å². The van der Waals surface area contributed by atoms with E-state index < -0.39 is 0 Å². The van der Waals surface area contributed by atoms with Gasteiger partial charge in [-0.05, 0) is 46.7 Å². The number of fused-ring (bicyclic) bond motifs is 1. The summed E-state index contributed by atoms with van der Waals surface area (Å²) in [5.41, 5.74) is 3.21. The molecule has 2 rings (SSSR count). The Hall–Kier alpha value is -0.760. The summed E-state index contributed by atoms with van der Waals surface area (Å²) in [5.74, 6) is 0.636. The highest BCUT2D eigenvalue weighted by Crippen LogP contribution is 2.38. The van der Waals surface area contributed by atoms with Gasteiger partial charge in [0.25, 0.3) is 0 Å². The summed E-state index contributed by atoms with van der Waals surface area (Å²) in [4.78, 5) is 5.00. The van der Waals surface area contributed by atoms with Crippen LogP contribution in [0.1, 0.15) is 34.6 Å². The molecule has 0 N–H and O–H groups in total. The van der Waals surface area contributed by atoms with Crippen LogP contribution in [0.25, 0.3) is 0 Å². The van der Waals surface area contributed by atoms with Crippen molar-refractivity contribution in [2.45, 2.75) is 46.2 Å². The maximum absolute atomic E-state index is 2.52. The Kier molecular flexibility index (Phi) is 2.66. The van der Waals surface area contributed by atoms with Gasteiger partial charge in [-0.15, -0.1) is 0 Å². The van der Waals surface area contributed by atoms with E-state index >= 15 is 0 Å². The smallest absolute Gasteiger partial charge is 0.0713 e. The topological polar surface area (TPSA) is 6.48 Å². The van der Waals surface area contributed by atoms with Gasteiger partial charge in [0.1, 0.15) is 0 Å². The second-order valence-electron chi connectivity index (χ2n) is 6.23. The molecule has 0 spiro atoms. The molecule has 16 heavy (non-hydrogen) atoms. The van der Waals surface area contributed by atoms with Crippen molar-refractivity contribution in [1.82, 2.24) is 9.80 Å². The van der Waals surface area contributed by atoms with Crippen molar-refractivity contribution >= 4 is 0 Å². The van der Waals surface area contributed by atoms with E-state index in [1.165, 1.54) is 11.3 Å². The van der Waals surface area contributed by atoms with Crippen LogP contribution in [-0.4, -0.2) is 35.1 Å². The van der Waals surface area contributed by atoms with Crippen molar-refractivity contribution in [1.29, 1.82) is 0 Å². The first-order valence-electron chi connectivity index (χ1n) is 6.18. The van der Waals surface area contributed by atoms with Crippen molar-refractivity contribution in [2.24, 2.45) is 5.92 Å². The van der Waals surface area contributed by atoms with Crippen LogP contribution < -0.4 is 0 Å². The Labute approximate surface area is 99.6 Å². The molecule has 0 aromatic carbocycles. The van der Waals surface area contributed by atoms with Gasteiger partial charge in [0.05, 0.1) is 12.7 Å². The van der Waals surface area contributed by atoms with Crippen LogP contribution in [0.15, 0.2) is 23.4 Å². The number of hydrogen-bond donors (Lipinski definition) is 0. The maximum atomic E-state index is 2.52. The Morgan fingerprint density at radius 3 is 2.44 bits per heavy atom. The molecule has 0 radical (unpaired) electrons. The molecule has 0 aromatic rings. The van der Waals surface area contributed by atoms with Gasteiger partial charge in [0.2, 0.25) is 0 Å². The molecular weight excluding hydrogens is 196 g/mol. The molecule has 0 aromatic heterocycles. The lowest BCUT2D eigenvalue weighted by Gasteiger charge is -2.36. The molecule has 2 atom stereocenters. The molecule has 2 nitrogen and oxygen atoms in total. The summed E-state index contributed by atoms with van der Waals surface area (Å²) in [6, 6.07) is 0.573. The first kappa shape index (κ1) is 11.7. The van der Waals surface area contributed by atoms with Crippen molar-refractivity contribution < 1.29 is 0 Å². The highest BCUT2D eigenvalue weighted by molar-refractivity contribution is 5.33.